The number of ether oxygens (including phenoxy) is 1. The SMILES string of the molecule is CC(C)OP1(=S)OCC2OC(C)(n3ccc(=O)[nH]c3=O)C(Cl)(Cl)C2O1. The van der Waals surface area contributed by atoms with E-state index in [2.05, 4.69) is 4.98 Å². The Balaban J connectivity index is 2.00. The summed E-state index contributed by atoms with van der Waals surface area (Å²) in [6.45, 7) is 2.14. The van der Waals surface area contributed by atoms with E-state index in [-0.39, 0.29) is 12.7 Å². The van der Waals surface area contributed by atoms with Crippen molar-refractivity contribution in [1.82, 2.24) is 9.55 Å². The summed E-state index contributed by atoms with van der Waals surface area (Å²) in [5.74, 6) is 0. The van der Waals surface area contributed by atoms with E-state index in [4.69, 9.17) is 53.3 Å². The van der Waals surface area contributed by atoms with Gasteiger partial charge in [0.15, 0.2) is 10.1 Å². The molecule has 0 aromatic carbocycles. The van der Waals surface area contributed by atoms with Gasteiger partial charge in [0.1, 0.15) is 12.2 Å². The van der Waals surface area contributed by atoms with E-state index in [1.165, 1.54) is 19.2 Å². The second-order valence-electron chi connectivity index (χ2n) is 6.17. The first-order chi connectivity index (χ1) is 11.5. The van der Waals surface area contributed by atoms with Crippen LogP contribution in [0.15, 0.2) is 21.9 Å². The number of alkyl halides is 2. The Morgan fingerprint density at radius 3 is 2.76 bits per heavy atom. The quantitative estimate of drug-likeness (QED) is 0.577. The van der Waals surface area contributed by atoms with Crippen molar-refractivity contribution >= 4 is 41.7 Å². The van der Waals surface area contributed by atoms with Gasteiger partial charge in [0, 0.05) is 12.3 Å². The van der Waals surface area contributed by atoms with E-state index in [1.807, 2.05) is 0 Å². The number of nitrogens with one attached hydrogen (secondary N) is 1. The van der Waals surface area contributed by atoms with Gasteiger partial charge in [0.2, 0.25) is 0 Å². The molecule has 0 spiro atoms. The number of aromatic amines is 1. The van der Waals surface area contributed by atoms with E-state index in [0.717, 1.165) is 4.57 Å². The number of halogens is 2. The molecule has 0 bridgehead atoms. The lowest BCUT2D eigenvalue weighted by Gasteiger charge is -2.38. The zero-order chi connectivity index (χ0) is 18.6. The van der Waals surface area contributed by atoms with Crippen LogP contribution < -0.4 is 11.2 Å². The third-order valence-electron chi connectivity index (χ3n) is 3.96. The zero-order valence-corrected chi connectivity index (χ0v) is 16.8. The molecule has 4 unspecified atom stereocenters. The Labute approximate surface area is 158 Å². The zero-order valence-electron chi connectivity index (χ0n) is 13.6. The molecule has 0 saturated carbocycles. The van der Waals surface area contributed by atoms with Crippen LogP contribution in [-0.4, -0.2) is 38.8 Å². The molecule has 0 amide bonds. The highest BCUT2D eigenvalue weighted by Gasteiger charge is 2.67. The topological polar surface area (TPSA) is 91.8 Å². The molecule has 0 radical (unpaired) electrons. The number of aromatic nitrogens is 2. The van der Waals surface area contributed by atoms with Gasteiger partial charge in [0.05, 0.1) is 12.7 Å². The maximum Gasteiger partial charge on any atom is 0.330 e. The molecule has 0 aliphatic carbocycles. The van der Waals surface area contributed by atoms with Crippen LogP contribution in [0.2, 0.25) is 0 Å². The second kappa shape index (κ2) is 6.42. The maximum absolute atomic E-state index is 12.2. The third-order valence-corrected chi connectivity index (χ3v) is 7.55. The van der Waals surface area contributed by atoms with Gasteiger partial charge >= 0.3 is 12.4 Å². The molecule has 1 N–H and O–H groups in total. The molecule has 4 atom stereocenters. The van der Waals surface area contributed by atoms with Gasteiger partial charge < -0.3 is 13.8 Å². The second-order valence-corrected chi connectivity index (χ2v) is 10.5. The van der Waals surface area contributed by atoms with Crippen molar-refractivity contribution in [1.29, 1.82) is 0 Å². The van der Waals surface area contributed by atoms with Crippen molar-refractivity contribution in [3.63, 3.8) is 0 Å². The first-order valence-electron chi connectivity index (χ1n) is 7.48. The van der Waals surface area contributed by atoms with Crippen LogP contribution in [-0.2, 0) is 35.8 Å². The van der Waals surface area contributed by atoms with Crippen molar-refractivity contribution in [2.45, 2.75) is 49.1 Å². The minimum absolute atomic E-state index is 0.0591. The summed E-state index contributed by atoms with van der Waals surface area (Å²) in [6.07, 6.45) is -0.485. The molecule has 2 fully saturated rings. The van der Waals surface area contributed by atoms with Crippen LogP contribution in [0.5, 0.6) is 0 Å². The summed E-state index contributed by atoms with van der Waals surface area (Å²) in [6, 6.07) is 1.17. The largest absolute Gasteiger partial charge is 0.344 e. The number of hydrogen-bond acceptors (Lipinski definition) is 7. The molecule has 25 heavy (non-hydrogen) atoms. The van der Waals surface area contributed by atoms with E-state index < -0.39 is 40.2 Å². The molecular weight excluding hydrogens is 414 g/mol. The first kappa shape index (κ1) is 19.5. The van der Waals surface area contributed by atoms with Crippen molar-refractivity contribution in [3.8, 4) is 0 Å². The summed E-state index contributed by atoms with van der Waals surface area (Å²) >= 11 is 18.5. The molecule has 12 heteroatoms. The number of nitrogens with zero attached hydrogens (tertiary/aromatic N) is 1. The van der Waals surface area contributed by atoms with Crippen molar-refractivity contribution in [2.24, 2.45) is 0 Å². The van der Waals surface area contributed by atoms with Crippen LogP contribution in [0, 0.1) is 0 Å². The molecule has 2 saturated heterocycles. The molecule has 3 heterocycles. The minimum atomic E-state index is -3.05. The predicted molar refractivity (Wildman–Crippen MR) is 95.6 cm³/mol. The highest BCUT2D eigenvalue weighted by molar-refractivity contribution is 8.07. The average Bonchev–Trinajstić information content (AvgIpc) is 2.66. The van der Waals surface area contributed by atoms with Crippen LogP contribution in [0.3, 0.4) is 0 Å². The van der Waals surface area contributed by atoms with Gasteiger partial charge in [-0.3, -0.25) is 18.9 Å². The van der Waals surface area contributed by atoms with E-state index in [1.54, 1.807) is 13.8 Å². The van der Waals surface area contributed by atoms with E-state index in [0.29, 0.717) is 0 Å². The third kappa shape index (κ3) is 3.26. The molecule has 8 nitrogen and oxygen atoms in total. The minimum Gasteiger partial charge on any atom is -0.344 e. The number of rotatable bonds is 3. The fourth-order valence-electron chi connectivity index (χ4n) is 2.81. The monoisotopic (exact) mass is 430 g/mol. The summed E-state index contributed by atoms with van der Waals surface area (Å²) in [5, 5.41) is 0. The van der Waals surface area contributed by atoms with Gasteiger partial charge in [-0.25, -0.2) is 4.79 Å². The molecule has 3 rings (SSSR count). The standard InChI is InChI=1S/C13H17Cl2N2O6PS/c1-7(2)22-24(25)20-6-8-10(23-24)13(14,15)12(3,21-8)17-5-4-9(18)16-11(17)19/h4-5,7-8,10H,6H2,1-3H3,(H,16,18,19). The summed E-state index contributed by atoms with van der Waals surface area (Å²) in [7, 11) is 0. The Morgan fingerprint density at radius 1 is 1.48 bits per heavy atom. The van der Waals surface area contributed by atoms with Gasteiger partial charge in [-0.2, -0.15) is 0 Å². The lowest BCUT2D eigenvalue weighted by Crippen LogP contribution is -2.53. The number of H-pyrrole nitrogens is 1. The molecular formula is C13H17Cl2N2O6PS. The Morgan fingerprint density at radius 2 is 2.16 bits per heavy atom. The Hall–Kier alpha value is -0.250. The lowest BCUT2D eigenvalue weighted by atomic mass is 10.1. The van der Waals surface area contributed by atoms with E-state index >= 15 is 0 Å². The molecule has 1 aromatic rings. The highest BCUT2D eigenvalue weighted by Crippen LogP contribution is 2.63. The highest BCUT2D eigenvalue weighted by atomic mass is 35.5. The summed E-state index contributed by atoms with van der Waals surface area (Å²) in [5.41, 5.74) is -2.77. The van der Waals surface area contributed by atoms with Crippen LogP contribution in [0.4, 0.5) is 0 Å². The molecule has 2 aliphatic rings. The van der Waals surface area contributed by atoms with Gasteiger partial charge in [-0.15, -0.1) is 0 Å². The molecule has 140 valence electrons. The maximum atomic E-state index is 12.2. The smallest absolute Gasteiger partial charge is 0.330 e. The Kier molecular flexibility index (Phi) is 5.01. The van der Waals surface area contributed by atoms with Gasteiger partial charge in [0.25, 0.3) is 5.56 Å². The van der Waals surface area contributed by atoms with E-state index in [9.17, 15) is 9.59 Å². The Bertz CT molecular complexity index is 842. The van der Waals surface area contributed by atoms with Crippen LogP contribution in [0.25, 0.3) is 0 Å². The van der Waals surface area contributed by atoms with Gasteiger partial charge in [-0.1, -0.05) is 23.2 Å². The van der Waals surface area contributed by atoms with Gasteiger partial charge in [-0.05, 0) is 32.6 Å². The van der Waals surface area contributed by atoms with Crippen molar-refractivity contribution in [3.05, 3.63) is 33.1 Å². The number of fused-ring (bicyclic) bond motifs is 1. The summed E-state index contributed by atoms with van der Waals surface area (Å²) < 4.78 is 22.3. The van der Waals surface area contributed by atoms with Crippen molar-refractivity contribution < 1.29 is 18.3 Å². The number of hydrogen-bond donors (Lipinski definition) is 1. The molecule has 1 aromatic heterocycles. The van der Waals surface area contributed by atoms with Crippen LogP contribution in [0.1, 0.15) is 20.8 Å². The normalized spacial score (nSPS) is 37.2. The molecule has 2 aliphatic heterocycles. The fraction of sp³-hybridized carbons (Fsp3) is 0.692. The summed E-state index contributed by atoms with van der Waals surface area (Å²) in [4.78, 5) is 25.7. The van der Waals surface area contributed by atoms with Crippen molar-refractivity contribution in [2.75, 3.05) is 6.61 Å². The van der Waals surface area contributed by atoms with Crippen LogP contribution >= 0.6 is 29.9 Å². The lowest BCUT2D eigenvalue weighted by molar-refractivity contribution is -0.116. The fourth-order valence-corrected chi connectivity index (χ4v) is 6.14. The average molecular weight is 431 g/mol. The first-order valence-corrected chi connectivity index (χ1v) is 10.8. The predicted octanol–water partition coefficient (Wildman–Crippen LogP) is 1.85.